The molecule has 0 N–H and O–H groups in total. The highest BCUT2D eigenvalue weighted by atomic mass is 127. The fourth-order valence-electron chi connectivity index (χ4n) is 4.44. The van der Waals surface area contributed by atoms with E-state index in [2.05, 4.69) is 67.3 Å². The molecule has 0 aromatic heterocycles. The molecule has 0 amide bonds. The SMILES string of the molecule is Cc1cc2c(cc1C)[C@@H]1CC(=O)[C@@H](CCC(C)(C)CCI)CN1CC2. The Morgan fingerprint density at radius 2 is 1.92 bits per heavy atom. The fraction of sp³-hybridized carbons (Fsp3) is 0.682. The van der Waals surface area contributed by atoms with Crippen LogP contribution in [0, 0.1) is 25.2 Å². The van der Waals surface area contributed by atoms with Crippen LogP contribution in [-0.4, -0.2) is 28.2 Å². The first kappa shape index (κ1) is 19.3. The summed E-state index contributed by atoms with van der Waals surface area (Å²) in [5, 5.41) is 0. The number of alkyl halides is 1. The highest BCUT2D eigenvalue weighted by Crippen LogP contribution is 2.40. The number of hydrogen-bond donors (Lipinski definition) is 0. The van der Waals surface area contributed by atoms with E-state index in [1.165, 1.54) is 39.5 Å². The summed E-state index contributed by atoms with van der Waals surface area (Å²) in [6.45, 7) is 11.2. The summed E-state index contributed by atoms with van der Waals surface area (Å²) in [6, 6.07) is 5.03. The third kappa shape index (κ3) is 4.29. The number of nitrogens with zero attached hydrogens (tertiary/aromatic N) is 1. The predicted molar refractivity (Wildman–Crippen MR) is 114 cm³/mol. The monoisotopic (exact) mass is 453 g/mol. The zero-order valence-corrected chi connectivity index (χ0v) is 18.4. The van der Waals surface area contributed by atoms with Gasteiger partial charge in [-0.15, -0.1) is 0 Å². The Labute approximate surface area is 166 Å². The van der Waals surface area contributed by atoms with Gasteiger partial charge in [-0.1, -0.05) is 48.6 Å². The van der Waals surface area contributed by atoms with Gasteiger partial charge in [0.2, 0.25) is 0 Å². The van der Waals surface area contributed by atoms with Crippen molar-refractivity contribution in [2.24, 2.45) is 11.3 Å². The van der Waals surface area contributed by atoms with Crippen LogP contribution in [0.25, 0.3) is 0 Å². The van der Waals surface area contributed by atoms with Gasteiger partial charge in [-0.25, -0.2) is 0 Å². The average Bonchev–Trinajstić information content (AvgIpc) is 2.54. The maximum atomic E-state index is 12.9. The largest absolute Gasteiger partial charge is 0.299 e. The molecular formula is C22H32INO. The molecule has 1 saturated heterocycles. The number of ketones is 1. The van der Waals surface area contributed by atoms with Crippen LogP contribution in [0.3, 0.4) is 0 Å². The van der Waals surface area contributed by atoms with Gasteiger partial charge in [0.1, 0.15) is 5.78 Å². The Bertz CT molecular complexity index is 652. The van der Waals surface area contributed by atoms with E-state index in [-0.39, 0.29) is 5.92 Å². The van der Waals surface area contributed by atoms with E-state index in [4.69, 9.17) is 0 Å². The number of aryl methyl sites for hydroxylation is 2. The molecule has 0 bridgehead atoms. The smallest absolute Gasteiger partial charge is 0.139 e. The zero-order chi connectivity index (χ0) is 18.2. The van der Waals surface area contributed by atoms with Crippen molar-refractivity contribution < 1.29 is 4.79 Å². The van der Waals surface area contributed by atoms with Crippen molar-refractivity contribution in [3.63, 3.8) is 0 Å². The molecule has 1 aromatic rings. The van der Waals surface area contributed by atoms with Crippen LogP contribution in [0.2, 0.25) is 0 Å². The number of Topliss-reactive ketones (excluding diaryl/α,β-unsaturated/α-hetero) is 1. The molecule has 0 saturated carbocycles. The van der Waals surface area contributed by atoms with Crippen LogP contribution in [0.5, 0.6) is 0 Å². The molecule has 0 unspecified atom stereocenters. The lowest BCUT2D eigenvalue weighted by Crippen LogP contribution is -2.46. The van der Waals surface area contributed by atoms with Crippen molar-refractivity contribution in [3.8, 4) is 0 Å². The summed E-state index contributed by atoms with van der Waals surface area (Å²) in [7, 11) is 0. The minimum Gasteiger partial charge on any atom is -0.299 e. The van der Waals surface area contributed by atoms with Gasteiger partial charge in [0.25, 0.3) is 0 Å². The molecule has 0 radical (unpaired) electrons. The first-order valence-corrected chi connectivity index (χ1v) is 11.3. The molecule has 0 aliphatic carbocycles. The molecule has 2 aliphatic heterocycles. The van der Waals surface area contributed by atoms with Crippen LogP contribution in [0.1, 0.15) is 67.8 Å². The Morgan fingerprint density at radius 3 is 2.64 bits per heavy atom. The van der Waals surface area contributed by atoms with Gasteiger partial charge in [0.15, 0.2) is 0 Å². The lowest BCUT2D eigenvalue weighted by Gasteiger charge is -2.43. The van der Waals surface area contributed by atoms with Crippen LogP contribution < -0.4 is 0 Å². The molecule has 3 rings (SSSR count). The standard InChI is InChI=1S/C22H32INO/c1-15-11-17-6-10-24-14-18(5-7-22(3,4)8-9-23)21(25)13-20(24)19(17)12-16(15)2/h11-12,18,20H,5-10,13-14H2,1-4H3/t18-,20-/m0/s1. The summed E-state index contributed by atoms with van der Waals surface area (Å²) in [4.78, 5) is 15.4. The Morgan fingerprint density at radius 1 is 1.20 bits per heavy atom. The van der Waals surface area contributed by atoms with Gasteiger partial charge in [-0.3, -0.25) is 9.69 Å². The first-order valence-electron chi connectivity index (χ1n) is 9.73. The van der Waals surface area contributed by atoms with Crippen molar-refractivity contribution in [2.45, 2.75) is 65.8 Å². The lowest BCUT2D eigenvalue weighted by atomic mass is 9.77. The summed E-state index contributed by atoms with van der Waals surface area (Å²) in [6.07, 6.45) is 5.32. The highest BCUT2D eigenvalue weighted by Gasteiger charge is 2.38. The Kier molecular flexibility index (Phi) is 5.94. The minimum absolute atomic E-state index is 0.248. The topological polar surface area (TPSA) is 20.3 Å². The van der Waals surface area contributed by atoms with Crippen molar-refractivity contribution in [1.82, 2.24) is 4.90 Å². The number of benzene rings is 1. The summed E-state index contributed by atoms with van der Waals surface area (Å²) < 4.78 is 1.20. The van der Waals surface area contributed by atoms with Crippen LogP contribution in [0.4, 0.5) is 0 Å². The number of halogens is 1. The van der Waals surface area contributed by atoms with Crippen LogP contribution in [-0.2, 0) is 11.2 Å². The van der Waals surface area contributed by atoms with Gasteiger partial charge in [0, 0.05) is 35.9 Å². The molecule has 1 fully saturated rings. The Balaban J connectivity index is 1.70. The van der Waals surface area contributed by atoms with E-state index >= 15 is 0 Å². The predicted octanol–water partition coefficient (Wildman–Crippen LogP) is 5.42. The van der Waals surface area contributed by atoms with Crippen molar-refractivity contribution in [1.29, 1.82) is 0 Å². The molecule has 2 atom stereocenters. The van der Waals surface area contributed by atoms with Gasteiger partial charge in [0.05, 0.1) is 0 Å². The highest BCUT2D eigenvalue weighted by molar-refractivity contribution is 14.1. The van der Waals surface area contributed by atoms with E-state index in [9.17, 15) is 4.79 Å². The van der Waals surface area contributed by atoms with E-state index in [1.54, 1.807) is 0 Å². The van der Waals surface area contributed by atoms with E-state index in [0.29, 0.717) is 23.7 Å². The van der Waals surface area contributed by atoms with Crippen molar-refractivity contribution in [2.75, 3.05) is 17.5 Å². The Hall–Kier alpha value is -0.420. The fourth-order valence-corrected chi connectivity index (χ4v) is 5.90. The van der Waals surface area contributed by atoms with Crippen LogP contribution >= 0.6 is 22.6 Å². The third-order valence-electron chi connectivity index (χ3n) is 6.47. The first-order chi connectivity index (χ1) is 11.8. The van der Waals surface area contributed by atoms with Gasteiger partial charge in [-0.2, -0.15) is 0 Å². The molecule has 2 nitrogen and oxygen atoms in total. The van der Waals surface area contributed by atoms with Gasteiger partial charge < -0.3 is 0 Å². The molecule has 2 heterocycles. The number of rotatable bonds is 5. The quantitative estimate of drug-likeness (QED) is 0.438. The molecule has 2 aliphatic rings. The maximum absolute atomic E-state index is 12.9. The average molecular weight is 453 g/mol. The van der Waals surface area contributed by atoms with Crippen molar-refractivity contribution >= 4 is 28.4 Å². The second kappa shape index (κ2) is 7.67. The minimum atomic E-state index is 0.248. The normalized spacial score (nSPS) is 24.1. The molecule has 0 spiro atoms. The number of carbonyl (C=O) groups is 1. The van der Waals surface area contributed by atoms with E-state index < -0.39 is 0 Å². The summed E-state index contributed by atoms with van der Waals surface area (Å²) in [5.74, 6) is 0.746. The number of carbonyl (C=O) groups excluding carboxylic acids is 1. The molecule has 3 heteroatoms. The van der Waals surface area contributed by atoms with Gasteiger partial charge >= 0.3 is 0 Å². The molecule has 1 aromatic carbocycles. The number of piperidine rings is 1. The second-order valence-corrected chi connectivity index (χ2v) is 9.98. The van der Waals surface area contributed by atoms with E-state index in [1.807, 2.05) is 0 Å². The van der Waals surface area contributed by atoms with Crippen molar-refractivity contribution in [3.05, 3.63) is 34.4 Å². The summed E-state index contributed by atoms with van der Waals surface area (Å²) >= 11 is 2.47. The summed E-state index contributed by atoms with van der Waals surface area (Å²) in [5.41, 5.74) is 5.99. The van der Waals surface area contributed by atoms with E-state index in [0.717, 1.165) is 25.9 Å². The molecule has 25 heavy (non-hydrogen) atoms. The van der Waals surface area contributed by atoms with Crippen LogP contribution in [0.15, 0.2) is 12.1 Å². The molecule has 138 valence electrons. The molecular weight excluding hydrogens is 421 g/mol. The number of hydrogen-bond acceptors (Lipinski definition) is 2. The van der Waals surface area contributed by atoms with Gasteiger partial charge in [-0.05, 0) is 67.2 Å². The third-order valence-corrected chi connectivity index (χ3v) is 7.01. The number of fused-ring (bicyclic) bond motifs is 3. The second-order valence-electron chi connectivity index (χ2n) is 8.91. The lowest BCUT2D eigenvalue weighted by molar-refractivity contribution is -0.129. The zero-order valence-electron chi connectivity index (χ0n) is 16.2. The maximum Gasteiger partial charge on any atom is 0.139 e.